The molecular formula is C11H16OP+. The molecule has 0 aliphatic heterocycles. The molecule has 1 aromatic carbocycles. The Hall–Kier alpha value is -0.680. The van der Waals surface area contributed by atoms with Gasteiger partial charge < -0.3 is 0 Å². The molecule has 0 saturated carbocycles. The van der Waals surface area contributed by atoms with E-state index in [0.29, 0.717) is 5.92 Å². The lowest BCUT2D eigenvalue weighted by atomic mass is 10.2. The molecule has 0 fully saturated rings. The summed E-state index contributed by atoms with van der Waals surface area (Å²) < 4.78 is 11.7. The minimum absolute atomic E-state index is 0.641. The molecule has 0 aliphatic carbocycles. The van der Waals surface area contributed by atoms with Crippen LogP contribution in [0.1, 0.15) is 20.3 Å². The maximum Gasteiger partial charge on any atom is 0.376 e. The summed E-state index contributed by atoms with van der Waals surface area (Å²) in [6.07, 6.45) is 1.86. The van der Waals surface area contributed by atoms with Gasteiger partial charge in [0.05, 0.1) is 0 Å². The van der Waals surface area contributed by atoms with E-state index in [0.717, 1.165) is 17.9 Å². The molecule has 1 aromatic rings. The summed E-state index contributed by atoms with van der Waals surface area (Å²) in [6, 6.07) is 9.73. The highest BCUT2D eigenvalue weighted by Gasteiger charge is 2.18. The van der Waals surface area contributed by atoms with Crippen molar-refractivity contribution < 1.29 is 4.57 Å². The van der Waals surface area contributed by atoms with Gasteiger partial charge in [-0.2, -0.15) is 0 Å². The van der Waals surface area contributed by atoms with Crippen LogP contribution in [0.2, 0.25) is 0 Å². The Labute approximate surface area is 81.0 Å². The average Bonchev–Trinajstić information content (AvgIpc) is 2.15. The smallest absolute Gasteiger partial charge is 0.0681 e. The van der Waals surface area contributed by atoms with E-state index in [9.17, 15) is 4.57 Å². The molecule has 1 nitrogen and oxygen atoms in total. The van der Waals surface area contributed by atoms with Gasteiger partial charge in [-0.25, -0.2) is 0 Å². The van der Waals surface area contributed by atoms with Crippen molar-refractivity contribution >= 4 is 13.1 Å². The molecule has 0 amide bonds. The minimum Gasteiger partial charge on any atom is -0.0681 e. The molecule has 0 N–H and O–H groups in total. The first-order valence-electron chi connectivity index (χ1n) is 4.70. The summed E-state index contributed by atoms with van der Waals surface area (Å²) in [6.45, 7) is 4.32. The van der Waals surface area contributed by atoms with Crippen LogP contribution in [0.5, 0.6) is 0 Å². The first kappa shape index (κ1) is 10.4. The largest absolute Gasteiger partial charge is 0.376 e. The highest BCUT2D eigenvalue weighted by atomic mass is 31.1. The van der Waals surface area contributed by atoms with Crippen molar-refractivity contribution in [1.82, 2.24) is 0 Å². The monoisotopic (exact) mass is 195 g/mol. The zero-order valence-corrected chi connectivity index (χ0v) is 9.13. The third-order valence-corrected chi connectivity index (χ3v) is 3.49. The van der Waals surface area contributed by atoms with E-state index in [4.69, 9.17) is 0 Å². The van der Waals surface area contributed by atoms with Crippen molar-refractivity contribution in [3.63, 3.8) is 0 Å². The molecule has 1 atom stereocenters. The van der Waals surface area contributed by atoms with Gasteiger partial charge in [-0.1, -0.05) is 36.6 Å². The van der Waals surface area contributed by atoms with Crippen LogP contribution >= 0.6 is 7.80 Å². The summed E-state index contributed by atoms with van der Waals surface area (Å²) in [5, 5.41) is 0.984. The second-order valence-electron chi connectivity index (χ2n) is 3.62. The van der Waals surface area contributed by atoms with Crippen LogP contribution in [0.4, 0.5) is 0 Å². The lowest BCUT2D eigenvalue weighted by Gasteiger charge is -1.95. The molecule has 0 saturated heterocycles. The topological polar surface area (TPSA) is 17.1 Å². The SMILES string of the molecule is CC(C)CC[P+](=O)c1ccccc1. The summed E-state index contributed by atoms with van der Waals surface area (Å²) in [7, 11) is -1.16. The van der Waals surface area contributed by atoms with E-state index in [1.807, 2.05) is 30.3 Å². The number of hydrogen-bond acceptors (Lipinski definition) is 1. The fraction of sp³-hybridized carbons (Fsp3) is 0.455. The fourth-order valence-electron chi connectivity index (χ4n) is 1.10. The van der Waals surface area contributed by atoms with Crippen LogP contribution in [0.3, 0.4) is 0 Å². The Morgan fingerprint density at radius 3 is 2.38 bits per heavy atom. The van der Waals surface area contributed by atoms with Crippen molar-refractivity contribution in [1.29, 1.82) is 0 Å². The molecule has 13 heavy (non-hydrogen) atoms. The number of benzene rings is 1. The van der Waals surface area contributed by atoms with Crippen molar-refractivity contribution in [2.45, 2.75) is 20.3 Å². The first-order chi connectivity index (χ1) is 6.20. The van der Waals surface area contributed by atoms with E-state index < -0.39 is 7.80 Å². The lowest BCUT2D eigenvalue weighted by molar-refractivity contribution is 0.579. The van der Waals surface area contributed by atoms with E-state index in [2.05, 4.69) is 13.8 Å². The van der Waals surface area contributed by atoms with Crippen molar-refractivity contribution in [3.8, 4) is 0 Å². The minimum atomic E-state index is -1.16. The van der Waals surface area contributed by atoms with Gasteiger partial charge in [-0.3, -0.25) is 0 Å². The summed E-state index contributed by atoms with van der Waals surface area (Å²) in [5.41, 5.74) is 0. The van der Waals surface area contributed by atoms with Crippen LogP contribution in [0.15, 0.2) is 30.3 Å². The maximum atomic E-state index is 11.7. The second kappa shape index (κ2) is 5.14. The molecular weight excluding hydrogens is 179 g/mol. The first-order valence-corrected chi connectivity index (χ1v) is 6.14. The summed E-state index contributed by atoms with van der Waals surface area (Å²) in [5.74, 6) is 0.641. The van der Waals surface area contributed by atoms with E-state index in [1.165, 1.54) is 0 Å². The molecule has 1 unspecified atom stereocenters. The van der Waals surface area contributed by atoms with Gasteiger partial charge in [0.2, 0.25) is 0 Å². The normalized spacial score (nSPS) is 11.8. The predicted molar refractivity (Wildman–Crippen MR) is 58.0 cm³/mol. The fourth-order valence-corrected chi connectivity index (χ4v) is 2.61. The molecule has 0 heterocycles. The van der Waals surface area contributed by atoms with Gasteiger partial charge in [0.15, 0.2) is 11.5 Å². The Morgan fingerprint density at radius 2 is 1.85 bits per heavy atom. The van der Waals surface area contributed by atoms with E-state index >= 15 is 0 Å². The van der Waals surface area contributed by atoms with Gasteiger partial charge in [-0.05, 0) is 24.5 Å². The van der Waals surface area contributed by atoms with Crippen LogP contribution in [-0.4, -0.2) is 6.16 Å². The molecule has 2 heteroatoms. The summed E-state index contributed by atoms with van der Waals surface area (Å²) in [4.78, 5) is 0. The molecule has 70 valence electrons. The van der Waals surface area contributed by atoms with Gasteiger partial charge in [0, 0.05) is 0 Å². The summed E-state index contributed by atoms with van der Waals surface area (Å²) >= 11 is 0. The third-order valence-electron chi connectivity index (χ3n) is 1.95. The van der Waals surface area contributed by atoms with Crippen LogP contribution in [-0.2, 0) is 4.57 Å². The Bertz CT molecular complexity index is 267. The maximum absolute atomic E-state index is 11.7. The van der Waals surface area contributed by atoms with Crippen molar-refractivity contribution in [2.24, 2.45) is 5.92 Å². The molecule has 0 bridgehead atoms. The van der Waals surface area contributed by atoms with E-state index in [1.54, 1.807) is 0 Å². The quantitative estimate of drug-likeness (QED) is 0.674. The third kappa shape index (κ3) is 3.69. The highest BCUT2D eigenvalue weighted by molar-refractivity contribution is 7.53. The Balaban J connectivity index is 2.50. The molecule has 0 aromatic heterocycles. The van der Waals surface area contributed by atoms with Crippen LogP contribution in [0.25, 0.3) is 0 Å². The Kier molecular flexibility index (Phi) is 4.11. The molecule has 0 radical (unpaired) electrons. The zero-order valence-electron chi connectivity index (χ0n) is 8.23. The van der Waals surface area contributed by atoms with Crippen molar-refractivity contribution in [2.75, 3.05) is 6.16 Å². The van der Waals surface area contributed by atoms with Crippen molar-refractivity contribution in [3.05, 3.63) is 30.3 Å². The van der Waals surface area contributed by atoms with Gasteiger partial charge in [0.25, 0.3) is 0 Å². The lowest BCUT2D eigenvalue weighted by Crippen LogP contribution is -1.99. The van der Waals surface area contributed by atoms with Gasteiger partial charge in [-0.15, -0.1) is 0 Å². The van der Waals surface area contributed by atoms with Crippen LogP contribution < -0.4 is 5.30 Å². The second-order valence-corrected chi connectivity index (χ2v) is 5.34. The van der Waals surface area contributed by atoms with Gasteiger partial charge >= 0.3 is 7.80 Å². The molecule has 0 spiro atoms. The predicted octanol–water partition coefficient (Wildman–Crippen LogP) is 3.19. The van der Waals surface area contributed by atoms with E-state index in [-0.39, 0.29) is 0 Å². The van der Waals surface area contributed by atoms with Crippen LogP contribution in [0, 0.1) is 5.92 Å². The number of hydrogen-bond donors (Lipinski definition) is 0. The highest BCUT2D eigenvalue weighted by Crippen LogP contribution is 2.22. The van der Waals surface area contributed by atoms with Gasteiger partial charge in [0.1, 0.15) is 0 Å². The standard InChI is InChI=1S/C11H16OP/c1-10(2)8-9-13(12)11-6-4-3-5-7-11/h3-7,10H,8-9H2,1-2H3/q+1. The Morgan fingerprint density at radius 1 is 1.23 bits per heavy atom. The average molecular weight is 195 g/mol. The zero-order chi connectivity index (χ0) is 9.68. The molecule has 0 aliphatic rings. The number of rotatable bonds is 4. The molecule has 1 rings (SSSR count).